The van der Waals surface area contributed by atoms with Crippen LogP contribution >= 0.6 is 0 Å². The molecule has 1 heterocycles. The number of para-hydroxylation sites is 2. The first-order chi connectivity index (χ1) is 6.75. The van der Waals surface area contributed by atoms with E-state index < -0.39 is 0 Å². The molecule has 2 rings (SSSR count). The second-order valence-electron chi connectivity index (χ2n) is 3.73. The fourth-order valence-corrected chi connectivity index (χ4v) is 1.44. The van der Waals surface area contributed by atoms with Crippen molar-refractivity contribution in [3.8, 4) is 0 Å². The predicted molar refractivity (Wildman–Crippen MR) is 57.8 cm³/mol. The molecule has 0 aliphatic rings. The lowest BCUT2D eigenvalue weighted by atomic mass is 10.1. The van der Waals surface area contributed by atoms with Crippen molar-refractivity contribution < 1.29 is 0 Å². The second kappa shape index (κ2) is 3.74. The fraction of sp³-hybridized carbons (Fsp3) is 0.250. The normalized spacial score (nSPS) is 11.1. The molecule has 0 amide bonds. The Labute approximate surface area is 84.0 Å². The van der Waals surface area contributed by atoms with Crippen molar-refractivity contribution in [2.75, 3.05) is 0 Å². The van der Waals surface area contributed by atoms with E-state index in [2.05, 4.69) is 23.8 Å². The Morgan fingerprint density at radius 3 is 2.57 bits per heavy atom. The van der Waals surface area contributed by atoms with E-state index >= 15 is 0 Å². The van der Waals surface area contributed by atoms with Crippen LogP contribution in [0.5, 0.6) is 0 Å². The van der Waals surface area contributed by atoms with Crippen LogP contribution in [0.4, 0.5) is 0 Å². The molecule has 0 aliphatic heterocycles. The number of hydrogen-bond donors (Lipinski definition) is 0. The van der Waals surface area contributed by atoms with Gasteiger partial charge in [-0.15, -0.1) is 0 Å². The standard InChI is InChI=1S/C12H13N2/c1-9(2)7-10-8-13-11-5-3-4-6-12(11)14-10/h3-6,8H,7H2,1-2H3. The van der Waals surface area contributed by atoms with E-state index in [0.717, 1.165) is 23.1 Å². The SMILES string of the molecule is C[C](C)Cc1cnc2ccccc2n1. The summed E-state index contributed by atoms with van der Waals surface area (Å²) in [4.78, 5) is 8.89. The third kappa shape index (κ3) is 1.90. The van der Waals surface area contributed by atoms with E-state index in [1.54, 1.807) is 0 Å². The number of rotatable bonds is 2. The summed E-state index contributed by atoms with van der Waals surface area (Å²) in [5, 5.41) is 0. The average Bonchev–Trinajstić information content (AvgIpc) is 2.17. The summed E-state index contributed by atoms with van der Waals surface area (Å²) in [6.07, 6.45) is 2.77. The molecular weight excluding hydrogens is 172 g/mol. The van der Waals surface area contributed by atoms with E-state index in [1.165, 1.54) is 5.92 Å². The number of benzene rings is 1. The highest BCUT2D eigenvalue weighted by Crippen LogP contribution is 2.11. The lowest BCUT2D eigenvalue weighted by Crippen LogP contribution is -1.97. The number of nitrogens with zero attached hydrogens (tertiary/aromatic N) is 2. The molecule has 71 valence electrons. The summed E-state index contributed by atoms with van der Waals surface area (Å²) in [5.74, 6) is 1.36. The first-order valence-electron chi connectivity index (χ1n) is 4.75. The minimum atomic E-state index is 0.915. The molecular formula is C12H13N2. The molecule has 1 aromatic carbocycles. The lowest BCUT2D eigenvalue weighted by molar-refractivity contribution is 0.915. The van der Waals surface area contributed by atoms with E-state index in [0.29, 0.717) is 0 Å². The Bertz CT molecular complexity index is 435. The van der Waals surface area contributed by atoms with Gasteiger partial charge in [-0.1, -0.05) is 26.0 Å². The second-order valence-corrected chi connectivity index (χ2v) is 3.73. The van der Waals surface area contributed by atoms with Crippen molar-refractivity contribution in [2.24, 2.45) is 0 Å². The van der Waals surface area contributed by atoms with Crippen LogP contribution < -0.4 is 0 Å². The van der Waals surface area contributed by atoms with E-state index in [-0.39, 0.29) is 0 Å². The molecule has 0 aliphatic carbocycles. The van der Waals surface area contributed by atoms with Crippen LogP contribution in [0.25, 0.3) is 11.0 Å². The maximum absolute atomic E-state index is 4.53. The third-order valence-corrected chi connectivity index (χ3v) is 2.03. The van der Waals surface area contributed by atoms with Crippen LogP contribution in [0.1, 0.15) is 19.5 Å². The monoisotopic (exact) mass is 185 g/mol. The van der Waals surface area contributed by atoms with Crippen LogP contribution in [0, 0.1) is 5.92 Å². The summed E-state index contributed by atoms with van der Waals surface area (Å²) in [7, 11) is 0. The lowest BCUT2D eigenvalue weighted by Gasteiger charge is -2.03. The van der Waals surface area contributed by atoms with Crippen molar-refractivity contribution in [3.05, 3.63) is 42.1 Å². The quantitative estimate of drug-likeness (QED) is 0.719. The summed E-state index contributed by atoms with van der Waals surface area (Å²) in [5.41, 5.74) is 2.99. The van der Waals surface area contributed by atoms with Gasteiger partial charge in [0.15, 0.2) is 0 Å². The van der Waals surface area contributed by atoms with Gasteiger partial charge in [0.2, 0.25) is 0 Å². The van der Waals surface area contributed by atoms with Crippen molar-refractivity contribution in [1.29, 1.82) is 0 Å². The van der Waals surface area contributed by atoms with E-state index in [4.69, 9.17) is 0 Å². The van der Waals surface area contributed by atoms with Crippen LogP contribution in [0.15, 0.2) is 30.5 Å². The minimum Gasteiger partial charge on any atom is -0.253 e. The van der Waals surface area contributed by atoms with Crippen molar-refractivity contribution in [2.45, 2.75) is 20.3 Å². The average molecular weight is 185 g/mol. The maximum Gasteiger partial charge on any atom is 0.0890 e. The van der Waals surface area contributed by atoms with Crippen molar-refractivity contribution in [3.63, 3.8) is 0 Å². The van der Waals surface area contributed by atoms with Crippen LogP contribution in [0.2, 0.25) is 0 Å². The predicted octanol–water partition coefficient (Wildman–Crippen LogP) is 2.79. The Balaban J connectivity index is 2.41. The Morgan fingerprint density at radius 2 is 1.86 bits per heavy atom. The van der Waals surface area contributed by atoms with Crippen LogP contribution in [-0.2, 0) is 6.42 Å². The highest BCUT2D eigenvalue weighted by atomic mass is 14.8. The van der Waals surface area contributed by atoms with Gasteiger partial charge in [-0.3, -0.25) is 4.98 Å². The van der Waals surface area contributed by atoms with Crippen molar-refractivity contribution in [1.82, 2.24) is 9.97 Å². The summed E-state index contributed by atoms with van der Waals surface area (Å²) < 4.78 is 0. The highest BCUT2D eigenvalue weighted by Gasteiger charge is 2.01. The zero-order valence-corrected chi connectivity index (χ0v) is 8.49. The van der Waals surface area contributed by atoms with Gasteiger partial charge in [-0.2, -0.15) is 0 Å². The summed E-state index contributed by atoms with van der Waals surface area (Å²) >= 11 is 0. The first-order valence-corrected chi connectivity index (χ1v) is 4.75. The van der Waals surface area contributed by atoms with Gasteiger partial charge in [0.25, 0.3) is 0 Å². The number of hydrogen-bond acceptors (Lipinski definition) is 2. The van der Waals surface area contributed by atoms with Crippen LogP contribution in [0.3, 0.4) is 0 Å². The summed E-state index contributed by atoms with van der Waals surface area (Å²) in [6, 6.07) is 7.95. The van der Waals surface area contributed by atoms with Gasteiger partial charge in [-0.05, 0) is 24.5 Å². The van der Waals surface area contributed by atoms with Crippen LogP contribution in [-0.4, -0.2) is 9.97 Å². The third-order valence-electron chi connectivity index (χ3n) is 2.03. The minimum absolute atomic E-state index is 0.915. The molecule has 2 aromatic rings. The molecule has 2 heteroatoms. The Hall–Kier alpha value is -1.44. The molecule has 0 unspecified atom stereocenters. The molecule has 1 aromatic heterocycles. The molecule has 1 radical (unpaired) electrons. The van der Waals surface area contributed by atoms with Gasteiger partial charge >= 0.3 is 0 Å². The molecule has 0 saturated heterocycles. The number of fused-ring (bicyclic) bond motifs is 1. The van der Waals surface area contributed by atoms with Crippen molar-refractivity contribution >= 4 is 11.0 Å². The molecule has 0 bridgehead atoms. The first kappa shape index (κ1) is 9.13. The molecule has 0 fully saturated rings. The molecule has 2 nitrogen and oxygen atoms in total. The molecule has 0 N–H and O–H groups in total. The maximum atomic E-state index is 4.53. The smallest absolute Gasteiger partial charge is 0.0890 e. The van der Waals surface area contributed by atoms with Gasteiger partial charge in [0.05, 0.1) is 16.7 Å². The van der Waals surface area contributed by atoms with Gasteiger partial charge in [-0.25, -0.2) is 4.98 Å². The van der Waals surface area contributed by atoms with Gasteiger partial charge in [0.1, 0.15) is 0 Å². The van der Waals surface area contributed by atoms with E-state index in [9.17, 15) is 0 Å². The largest absolute Gasteiger partial charge is 0.253 e. The zero-order chi connectivity index (χ0) is 9.97. The highest BCUT2D eigenvalue weighted by molar-refractivity contribution is 5.73. The fourth-order valence-electron chi connectivity index (χ4n) is 1.44. The molecule has 0 saturated carbocycles. The molecule has 0 spiro atoms. The zero-order valence-electron chi connectivity index (χ0n) is 8.49. The van der Waals surface area contributed by atoms with Gasteiger partial charge < -0.3 is 0 Å². The summed E-state index contributed by atoms with van der Waals surface area (Å²) in [6.45, 7) is 4.22. The molecule has 14 heavy (non-hydrogen) atoms. The Kier molecular flexibility index (Phi) is 2.44. The topological polar surface area (TPSA) is 25.8 Å². The van der Waals surface area contributed by atoms with Gasteiger partial charge in [0, 0.05) is 6.20 Å². The number of aromatic nitrogens is 2. The molecule has 0 atom stereocenters. The Morgan fingerprint density at radius 1 is 1.14 bits per heavy atom. The van der Waals surface area contributed by atoms with E-state index in [1.807, 2.05) is 30.5 Å².